The lowest BCUT2D eigenvalue weighted by Gasteiger charge is -2.02. The lowest BCUT2D eigenvalue weighted by atomic mass is 10.2. The molecule has 0 heterocycles. The summed E-state index contributed by atoms with van der Waals surface area (Å²) < 4.78 is 0. The second-order valence-electron chi connectivity index (χ2n) is 3.35. The van der Waals surface area contributed by atoms with E-state index >= 15 is 0 Å². The van der Waals surface area contributed by atoms with Crippen LogP contribution in [0.1, 0.15) is 25.3 Å². The van der Waals surface area contributed by atoms with Gasteiger partial charge in [0.25, 0.3) is 0 Å². The van der Waals surface area contributed by atoms with Crippen LogP contribution in [-0.4, -0.2) is 5.91 Å². The molecule has 0 saturated carbocycles. The van der Waals surface area contributed by atoms with Gasteiger partial charge in [0.05, 0.1) is 0 Å². The van der Waals surface area contributed by atoms with E-state index in [0.29, 0.717) is 13.0 Å². The number of allylic oxidation sites excluding steroid dienone is 1. The molecular formula is C13H17NO. The summed E-state index contributed by atoms with van der Waals surface area (Å²) in [6, 6.07) is 9.91. The highest BCUT2D eigenvalue weighted by atomic mass is 16.1. The Hall–Kier alpha value is -1.57. The molecule has 2 nitrogen and oxygen atoms in total. The van der Waals surface area contributed by atoms with Crippen molar-refractivity contribution in [1.29, 1.82) is 0 Å². The third kappa shape index (κ3) is 5.01. The van der Waals surface area contributed by atoms with Crippen LogP contribution in [0.15, 0.2) is 42.5 Å². The molecule has 0 aliphatic carbocycles. The van der Waals surface area contributed by atoms with E-state index in [1.165, 1.54) is 0 Å². The van der Waals surface area contributed by atoms with Gasteiger partial charge in [0.15, 0.2) is 0 Å². The second-order valence-corrected chi connectivity index (χ2v) is 3.35. The van der Waals surface area contributed by atoms with Gasteiger partial charge in [-0.05, 0) is 12.0 Å². The third-order valence-electron chi connectivity index (χ3n) is 2.04. The monoisotopic (exact) mass is 203 g/mol. The Morgan fingerprint density at radius 1 is 1.27 bits per heavy atom. The molecule has 0 unspecified atom stereocenters. The number of carbonyl (C=O) groups excluding carboxylic acids is 1. The van der Waals surface area contributed by atoms with E-state index in [-0.39, 0.29) is 5.91 Å². The zero-order valence-electron chi connectivity index (χ0n) is 9.07. The molecule has 1 aromatic carbocycles. The standard InChI is InChI=1S/C13H17NO/c1-2-3-5-10-13(15)14-11-12-8-6-4-7-9-12/h3-9H,2,10-11H2,1H3,(H,14,15)/b5-3+. The summed E-state index contributed by atoms with van der Waals surface area (Å²) in [6.45, 7) is 2.66. The zero-order valence-corrected chi connectivity index (χ0v) is 9.07. The molecule has 0 spiro atoms. The number of benzene rings is 1. The molecular weight excluding hydrogens is 186 g/mol. The molecule has 0 aliphatic heterocycles. The minimum atomic E-state index is 0.0727. The van der Waals surface area contributed by atoms with Gasteiger partial charge in [-0.3, -0.25) is 4.79 Å². The predicted molar refractivity (Wildman–Crippen MR) is 62.3 cm³/mol. The van der Waals surface area contributed by atoms with Crippen molar-refractivity contribution in [1.82, 2.24) is 5.32 Å². The van der Waals surface area contributed by atoms with Crippen molar-refractivity contribution in [3.8, 4) is 0 Å². The first-order chi connectivity index (χ1) is 7.33. The first kappa shape index (κ1) is 11.5. The minimum Gasteiger partial charge on any atom is -0.352 e. The van der Waals surface area contributed by atoms with E-state index in [1.807, 2.05) is 42.5 Å². The maximum atomic E-state index is 11.3. The number of hydrogen-bond acceptors (Lipinski definition) is 1. The molecule has 0 saturated heterocycles. The van der Waals surface area contributed by atoms with Crippen molar-refractivity contribution in [2.75, 3.05) is 0 Å². The maximum absolute atomic E-state index is 11.3. The SMILES string of the molecule is CC/C=C/CC(=O)NCc1ccccc1. The van der Waals surface area contributed by atoms with Crippen molar-refractivity contribution < 1.29 is 4.79 Å². The van der Waals surface area contributed by atoms with Gasteiger partial charge in [-0.15, -0.1) is 0 Å². The van der Waals surface area contributed by atoms with Crippen LogP contribution >= 0.6 is 0 Å². The van der Waals surface area contributed by atoms with Gasteiger partial charge in [-0.2, -0.15) is 0 Å². The van der Waals surface area contributed by atoms with Gasteiger partial charge in [0.1, 0.15) is 0 Å². The molecule has 0 radical (unpaired) electrons. The lowest BCUT2D eigenvalue weighted by molar-refractivity contribution is -0.120. The molecule has 15 heavy (non-hydrogen) atoms. The summed E-state index contributed by atoms with van der Waals surface area (Å²) in [5.41, 5.74) is 1.13. The van der Waals surface area contributed by atoms with Crippen molar-refractivity contribution in [3.05, 3.63) is 48.0 Å². The fraction of sp³-hybridized carbons (Fsp3) is 0.308. The highest BCUT2D eigenvalue weighted by Crippen LogP contribution is 1.97. The molecule has 1 amide bonds. The van der Waals surface area contributed by atoms with Crippen molar-refractivity contribution in [3.63, 3.8) is 0 Å². The van der Waals surface area contributed by atoms with Crippen LogP contribution in [0.2, 0.25) is 0 Å². The smallest absolute Gasteiger partial charge is 0.224 e. The summed E-state index contributed by atoms with van der Waals surface area (Å²) in [4.78, 5) is 11.3. The Morgan fingerprint density at radius 3 is 2.67 bits per heavy atom. The summed E-state index contributed by atoms with van der Waals surface area (Å²) in [5, 5.41) is 2.87. The Labute approximate surface area is 91.0 Å². The van der Waals surface area contributed by atoms with Crippen molar-refractivity contribution >= 4 is 5.91 Å². The van der Waals surface area contributed by atoms with E-state index in [0.717, 1.165) is 12.0 Å². The summed E-state index contributed by atoms with van der Waals surface area (Å²) in [6.07, 6.45) is 5.36. The van der Waals surface area contributed by atoms with E-state index in [9.17, 15) is 4.79 Å². The highest BCUT2D eigenvalue weighted by molar-refractivity contribution is 5.77. The normalized spacial score (nSPS) is 10.5. The zero-order chi connectivity index (χ0) is 10.9. The van der Waals surface area contributed by atoms with Crippen LogP contribution in [0.3, 0.4) is 0 Å². The van der Waals surface area contributed by atoms with Crippen LogP contribution in [0.5, 0.6) is 0 Å². The topological polar surface area (TPSA) is 29.1 Å². The van der Waals surface area contributed by atoms with Crippen molar-refractivity contribution in [2.24, 2.45) is 0 Å². The number of carbonyl (C=O) groups is 1. The van der Waals surface area contributed by atoms with E-state index in [4.69, 9.17) is 0 Å². The Bertz CT molecular complexity index is 317. The highest BCUT2D eigenvalue weighted by Gasteiger charge is 1.97. The molecule has 0 fully saturated rings. The number of rotatable bonds is 5. The molecule has 0 aliphatic rings. The summed E-state index contributed by atoms with van der Waals surface area (Å²) in [7, 11) is 0. The quantitative estimate of drug-likeness (QED) is 0.732. The molecule has 2 heteroatoms. The molecule has 1 rings (SSSR count). The Balaban J connectivity index is 2.26. The van der Waals surface area contributed by atoms with Gasteiger partial charge in [-0.25, -0.2) is 0 Å². The van der Waals surface area contributed by atoms with Crippen LogP contribution in [0.4, 0.5) is 0 Å². The average molecular weight is 203 g/mol. The minimum absolute atomic E-state index is 0.0727. The second kappa shape index (κ2) is 6.82. The predicted octanol–water partition coefficient (Wildman–Crippen LogP) is 2.66. The molecule has 1 N–H and O–H groups in total. The number of nitrogens with one attached hydrogen (secondary N) is 1. The molecule has 0 aromatic heterocycles. The summed E-state index contributed by atoms with van der Waals surface area (Å²) >= 11 is 0. The van der Waals surface area contributed by atoms with E-state index in [2.05, 4.69) is 12.2 Å². The van der Waals surface area contributed by atoms with Crippen LogP contribution in [0, 0.1) is 0 Å². The van der Waals surface area contributed by atoms with Gasteiger partial charge in [-0.1, -0.05) is 49.4 Å². The van der Waals surface area contributed by atoms with E-state index < -0.39 is 0 Å². The van der Waals surface area contributed by atoms with Crippen LogP contribution in [0.25, 0.3) is 0 Å². The average Bonchev–Trinajstić information content (AvgIpc) is 2.28. The van der Waals surface area contributed by atoms with Crippen LogP contribution in [-0.2, 0) is 11.3 Å². The largest absolute Gasteiger partial charge is 0.352 e. The van der Waals surface area contributed by atoms with Crippen molar-refractivity contribution in [2.45, 2.75) is 26.3 Å². The first-order valence-corrected chi connectivity index (χ1v) is 5.28. The Kier molecular flexibility index (Phi) is 5.23. The van der Waals surface area contributed by atoms with Gasteiger partial charge >= 0.3 is 0 Å². The van der Waals surface area contributed by atoms with Gasteiger partial charge in [0, 0.05) is 13.0 Å². The maximum Gasteiger partial charge on any atom is 0.224 e. The molecule has 0 bridgehead atoms. The lowest BCUT2D eigenvalue weighted by Crippen LogP contribution is -2.21. The van der Waals surface area contributed by atoms with Crippen LogP contribution < -0.4 is 5.32 Å². The number of hydrogen-bond donors (Lipinski definition) is 1. The fourth-order valence-electron chi connectivity index (χ4n) is 1.23. The fourth-order valence-corrected chi connectivity index (χ4v) is 1.23. The number of amides is 1. The van der Waals surface area contributed by atoms with Gasteiger partial charge in [0.2, 0.25) is 5.91 Å². The van der Waals surface area contributed by atoms with E-state index in [1.54, 1.807) is 0 Å². The third-order valence-corrected chi connectivity index (χ3v) is 2.04. The molecule has 80 valence electrons. The molecule has 0 atom stereocenters. The summed E-state index contributed by atoms with van der Waals surface area (Å²) in [5.74, 6) is 0.0727. The Morgan fingerprint density at radius 2 is 2.00 bits per heavy atom. The van der Waals surface area contributed by atoms with Gasteiger partial charge < -0.3 is 5.32 Å². The molecule has 1 aromatic rings. The first-order valence-electron chi connectivity index (χ1n) is 5.28.